The van der Waals surface area contributed by atoms with Gasteiger partial charge in [0.15, 0.2) is 0 Å². The normalized spacial score (nSPS) is 13.8. The molecule has 0 saturated heterocycles. The number of hydrogen-bond acceptors (Lipinski definition) is 6. The summed E-state index contributed by atoms with van der Waals surface area (Å²) in [5, 5.41) is 3.11. The number of hydrogen-bond donors (Lipinski definition) is 1. The van der Waals surface area contributed by atoms with Crippen molar-refractivity contribution in [2.75, 3.05) is 39.3 Å². The molecule has 152 valence electrons. The Morgan fingerprint density at radius 2 is 1.69 bits per heavy atom. The molecule has 1 heterocycles. The van der Waals surface area contributed by atoms with Crippen molar-refractivity contribution >= 4 is 23.1 Å². The Kier molecular flexibility index (Phi) is 6.51. The molecule has 2 aromatic carbocycles. The third kappa shape index (κ3) is 4.25. The number of methoxy groups -OCH3 is 2. The van der Waals surface area contributed by atoms with Crippen LogP contribution in [0.3, 0.4) is 0 Å². The van der Waals surface area contributed by atoms with Gasteiger partial charge < -0.3 is 19.5 Å². The second kappa shape index (κ2) is 9.25. The highest BCUT2D eigenvalue weighted by molar-refractivity contribution is 6.37. The molecule has 7 nitrogen and oxygen atoms in total. The minimum Gasteiger partial charge on any atom is -0.496 e. The summed E-state index contributed by atoms with van der Waals surface area (Å²) >= 11 is 0. The van der Waals surface area contributed by atoms with Gasteiger partial charge in [0.05, 0.1) is 32.4 Å². The van der Waals surface area contributed by atoms with E-state index in [1.165, 1.54) is 19.1 Å². The van der Waals surface area contributed by atoms with Gasteiger partial charge in [0.2, 0.25) is 0 Å². The van der Waals surface area contributed by atoms with Gasteiger partial charge in [-0.05, 0) is 37.3 Å². The SMILES string of the molecule is CCOc1ccc(NC2=C(c3ccccc3OC)C(=O)N(CCOC)C2=O)cc1. The number of imide groups is 1. The largest absolute Gasteiger partial charge is 0.496 e. The van der Waals surface area contributed by atoms with Crippen LogP contribution in [0.15, 0.2) is 54.2 Å². The summed E-state index contributed by atoms with van der Waals surface area (Å²) in [7, 11) is 3.06. The molecule has 0 radical (unpaired) electrons. The highest BCUT2D eigenvalue weighted by Crippen LogP contribution is 2.35. The average molecular weight is 396 g/mol. The summed E-state index contributed by atoms with van der Waals surface area (Å²) in [6.07, 6.45) is 0. The van der Waals surface area contributed by atoms with E-state index in [1.54, 1.807) is 42.5 Å². The highest BCUT2D eigenvalue weighted by Gasteiger charge is 2.39. The third-order valence-corrected chi connectivity index (χ3v) is 4.50. The van der Waals surface area contributed by atoms with Crippen LogP contribution in [0.25, 0.3) is 5.57 Å². The maximum absolute atomic E-state index is 13.1. The first kappa shape index (κ1) is 20.4. The summed E-state index contributed by atoms with van der Waals surface area (Å²) in [6, 6.07) is 14.3. The summed E-state index contributed by atoms with van der Waals surface area (Å²) in [6.45, 7) is 2.90. The van der Waals surface area contributed by atoms with E-state index in [4.69, 9.17) is 14.2 Å². The van der Waals surface area contributed by atoms with E-state index >= 15 is 0 Å². The predicted molar refractivity (Wildman–Crippen MR) is 110 cm³/mol. The molecule has 1 aliphatic rings. The first-order valence-corrected chi connectivity index (χ1v) is 9.33. The first-order valence-electron chi connectivity index (χ1n) is 9.33. The molecular formula is C22H24N2O5. The van der Waals surface area contributed by atoms with E-state index in [9.17, 15) is 9.59 Å². The molecule has 0 saturated carbocycles. The number of amides is 2. The van der Waals surface area contributed by atoms with Gasteiger partial charge in [0, 0.05) is 18.4 Å². The van der Waals surface area contributed by atoms with Gasteiger partial charge in [-0.15, -0.1) is 0 Å². The molecule has 0 aromatic heterocycles. The summed E-state index contributed by atoms with van der Waals surface area (Å²) < 4.78 is 15.9. The second-order valence-electron chi connectivity index (χ2n) is 6.29. The van der Waals surface area contributed by atoms with Gasteiger partial charge in [-0.1, -0.05) is 18.2 Å². The Morgan fingerprint density at radius 1 is 0.966 bits per heavy atom. The van der Waals surface area contributed by atoms with Crippen molar-refractivity contribution < 1.29 is 23.8 Å². The van der Waals surface area contributed by atoms with E-state index in [-0.39, 0.29) is 30.3 Å². The molecule has 29 heavy (non-hydrogen) atoms. The predicted octanol–water partition coefficient (Wildman–Crippen LogP) is 2.93. The number of para-hydroxylation sites is 1. The monoisotopic (exact) mass is 396 g/mol. The van der Waals surface area contributed by atoms with Gasteiger partial charge in [-0.25, -0.2) is 0 Å². The fourth-order valence-corrected chi connectivity index (χ4v) is 3.12. The lowest BCUT2D eigenvalue weighted by Crippen LogP contribution is -2.35. The Morgan fingerprint density at radius 3 is 2.34 bits per heavy atom. The number of carbonyl (C=O) groups excluding carboxylic acids is 2. The molecular weight excluding hydrogens is 372 g/mol. The Balaban J connectivity index is 2.02. The van der Waals surface area contributed by atoms with E-state index in [1.807, 2.05) is 13.0 Å². The van der Waals surface area contributed by atoms with Crippen LogP contribution in [-0.4, -0.2) is 50.7 Å². The van der Waals surface area contributed by atoms with Crippen LogP contribution in [0.4, 0.5) is 5.69 Å². The van der Waals surface area contributed by atoms with E-state index in [0.29, 0.717) is 23.6 Å². The minimum absolute atomic E-state index is 0.168. The van der Waals surface area contributed by atoms with Crippen LogP contribution < -0.4 is 14.8 Å². The molecule has 0 unspecified atom stereocenters. The van der Waals surface area contributed by atoms with Crippen molar-refractivity contribution in [1.82, 2.24) is 4.90 Å². The van der Waals surface area contributed by atoms with Crippen molar-refractivity contribution in [3.63, 3.8) is 0 Å². The second-order valence-corrected chi connectivity index (χ2v) is 6.29. The zero-order valence-corrected chi connectivity index (χ0v) is 16.7. The molecule has 0 spiro atoms. The molecule has 1 N–H and O–H groups in total. The molecule has 1 aliphatic heterocycles. The van der Waals surface area contributed by atoms with Gasteiger partial charge in [-0.3, -0.25) is 14.5 Å². The zero-order chi connectivity index (χ0) is 20.8. The molecule has 7 heteroatoms. The van der Waals surface area contributed by atoms with Crippen LogP contribution >= 0.6 is 0 Å². The van der Waals surface area contributed by atoms with Crippen molar-refractivity contribution in [3.8, 4) is 11.5 Å². The smallest absolute Gasteiger partial charge is 0.278 e. The zero-order valence-electron chi connectivity index (χ0n) is 16.7. The molecule has 2 aromatic rings. The number of benzene rings is 2. The number of nitrogens with one attached hydrogen (secondary N) is 1. The van der Waals surface area contributed by atoms with Crippen molar-refractivity contribution in [3.05, 3.63) is 59.8 Å². The van der Waals surface area contributed by atoms with Crippen LogP contribution in [0.2, 0.25) is 0 Å². The molecule has 3 rings (SSSR count). The Bertz CT molecular complexity index is 921. The number of carbonyl (C=O) groups is 2. The van der Waals surface area contributed by atoms with Crippen LogP contribution in [-0.2, 0) is 14.3 Å². The van der Waals surface area contributed by atoms with Crippen molar-refractivity contribution in [2.45, 2.75) is 6.92 Å². The lowest BCUT2D eigenvalue weighted by molar-refractivity contribution is -0.137. The lowest BCUT2D eigenvalue weighted by atomic mass is 10.0. The van der Waals surface area contributed by atoms with Gasteiger partial charge in [0.1, 0.15) is 17.2 Å². The van der Waals surface area contributed by atoms with E-state index < -0.39 is 5.91 Å². The standard InChI is InChI=1S/C22H24N2O5/c1-4-29-16-11-9-15(10-12-16)23-20-19(17-7-5-6-8-18(17)28-3)21(25)24(22(20)26)13-14-27-2/h5-12,23H,4,13-14H2,1-3H3. The lowest BCUT2D eigenvalue weighted by Gasteiger charge is -2.14. The average Bonchev–Trinajstić information content (AvgIpc) is 2.97. The number of anilines is 1. The fourth-order valence-electron chi connectivity index (χ4n) is 3.12. The molecule has 0 atom stereocenters. The quantitative estimate of drug-likeness (QED) is 0.657. The van der Waals surface area contributed by atoms with Crippen LogP contribution in [0.5, 0.6) is 11.5 Å². The first-order chi connectivity index (χ1) is 14.1. The van der Waals surface area contributed by atoms with E-state index in [0.717, 1.165) is 5.75 Å². The minimum atomic E-state index is -0.401. The van der Waals surface area contributed by atoms with Crippen molar-refractivity contribution in [1.29, 1.82) is 0 Å². The number of ether oxygens (including phenoxy) is 3. The maximum atomic E-state index is 13.1. The Hall–Kier alpha value is -3.32. The van der Waals surface area contributed by atoms with Crippen LogP contribution in [0, 0.1) is 0 Å². The fraction of sp³-hybridized carbons (Fsp3) is 0.273. The van der Waals surface area contributed by atoms with Crippen molar-refractivity contribution in [2.24, 2.45) is 0 Å². The van der Waals surface area contributed by atoms with Gasteiger partial charge in [0.25, 0.3) is 11.8 Å². The molecule has 0 bridgehead atoms. The summed E-state index contributed by atoms with van der Waals surface area (Å²) in [4.78, 5) is 27.3. The van der Waals surface area contributed by atoms with Crippen LogP contribution in [0.1, 0.15) is 12.5 Å². The maximum Gasteiger partial charge on any atom is 0.278 e. The summed E-state index contributed by atoms with van der Waals surface area (Å²) in [5.74, 6) is 0.461. The number of rotatable bonds is 9. The molecule has 0 aliphatic carbocycles. The van der Waals surface area contributed by atoms with E-state index in [2.05, 4.69) is 5.32 Å². The summed E-state index contributed by atoms with van der Waals surface area (Å²) in [5.41, 5.74) is 1.71. The molecule has 0 fully saturated rings. The van der Waals surface area contributed by atoms with Gasteiger partial charge >= 0.3 is 0 Å². The van der Waals surface area contributed by atoms with Gasteiger partial charge in [-0.2, -0.15) is 0 Å². The number of nitrogens with zero attached hydrogens (tertiary/aromatic N) is 1. The highest BCUT2D eigenvalue weighted by atomic mass is 16.5. The Labute approximate surface area is 169 Å². The molecule has 2 amide bonds. The topological polar surface area (TPSA) is 77.1 Å². The third-order valence-electron chi connectivity index (χ3n) is 4.50.